The van der Waals surface area contributed by atoms with Gasteiger partial charge in [-0.05, 0) is 31.2 Å². The van der Waals surface area contributed by atoms with Crippen molar-refractivity contribution in [2.45, 2.75) is 6.92 Å². The molecule has 0 aliphatic rings. The molecule has 0 aliphatic heterocycles. The fraction of sp³-hybridized carbons (Fsp3) is 0.0769. The minimum atomic E-state index is -1.16. The third-order valence-electron chi connectivity index (χ3n) is 2.58. The normalized spacial score (nSPS) is 10.1. The molecule has 7 nitrogen and oxygen atoms in total. The number of ether oxygens (including phenoxy) is 1. The van der Waals surface area contributed by atoms with Gasteiger partial charge in [-0.2, -0.15) is 0 Å². The Morgan fingerprint density at radius 3 is 2.75 bits per heavy atom. The van der Waals surface area contributed by atoms with Crippen LogP contribution in [-0.2, 0) is 0 Å². The van der Waals surface area contributed by atoms with Crippen LogP contribution in [0.5, 0.6) is 11.6 Å². The second-order valence-corrected chi connectivity index (χ2v) is 3.97. The van der Waals surface area contributed by atoms with E-state index in [2.05, 4.69) is 4.98 Å². The predicted molar refractivity (Wildman–Crippen MR) is 69.1 cm³/mol. The van der Waals surface area contributed by atoms with E-state index in [1.54, 1.807) is 6.92 Å². The minimum Gasteiger partial charge on any atom is -0.477 e. The van der Waals surface area contributed by atoms with Crippen molar-refractivity contribution in [2.24, 2.45) is 0 Å². The first-order valence-electron chi connectivity index (χ1n) is 5.60. The van der Waals surface area contributed by atoms with Crippen LogP contribution in [0.1, 0.15) is 15.9 Å². The molecule has 0 atom stereocenters. The topological polar surface area (TPSA) is 103 Å². The molecule has 0 saturated heterocycles. The highest BCUT2D eigenvalue weighted by molar-refractivity contribution is 5.90. The van der Waals surface area contributed by atoms with Gasteiger partial charge < -0.3 is 9.84 Å². The van der Waals surface area contributed by atoms with Gasteiger partial charge in [0.25, 0.3) is 5.69 Å². The molecule has 7 heteroatoms. The van der Waals surface area contributed by atoms with E-state index in [1.807, 2.05) is 0 Å². The first-order valence-corrected chi connectivity index (χ1v) is 5.60. The molecule has 0 spiro atoms. The smallest absolute Gasteiger partial charge is 0.341 e. The van der Waals surface area contributed by atoms with Crippen LogP contribution < -0.4 is 4.74 Å². The number of hydrogen-bond donors (Lipinski definition) is 1. The molecule has 102 valence electrons. The first-order chi connectivity index (χ1) is 9.49. The average Bonchev–Trinajstić information content (AvgIpc) is 2.38. The third-order valence-corrected chi connectivity index (χ3v) is 2.58. The highest BCUT2D eigenvalue weighted by Gasteiger charge is 2.15. The van der Waals surface area contributed by atoms with Crippen LogP contribution in [0.4, 0.5) is 5.69 Å². The molecular weight excluding hydrogens is 264 g/mol. The fourth-order valence-electron chi connectivity index (χ4n) is 1.64. The number of benzene rings is 1. The summed E-state index contributed by atoms with van der Waals surface area (Å²) in [5.41, 5.74) is 0.306. The Morgan fingerprint density at radius 2 is 2.15 bits per heavy atom. The molecule has 1 aromatic heterocycles. The van der Waals surface area contributed by atoms with Gasteiger partial charge in [-0.1, -0.05) is 0 Å². The van der Waals surface area contributed by atoms with Gasteiger partial charge in [-0.15, -0.1) is 0 Å². The second-order valence-electron chi connectivity index (χ2n) is 3.97. The molecule has 0 bridgehead atoms. The summed E-state index contributed by atoms with van der Waals surface area (Å²) in [6.45, 7) is 1.57. The van der Waals surface area contributed by atoms with Crippen LogP contribution in [0.3, 0.4) is 0 Å². The van der Waals surface area contributed by atoms with E-state index >= 15 is 0 Å². The van der Waals surface area contributed by atoms with E-state index in [1.165, 1.54) is 36.5 Å². The van der Waals surface area contributed by atoms with Crippen molar-refractivity contribution in [1.82, 2.24) is 4.98 Å². The lowest BCUT2D eigenvalue weighted by Gasteiger charge is -2.07. The highest BCUT2D eigenvalue weighted by Crippen LogP contribution is 2.27. The number of carboxylic acids is 1. The van der Waals surface area contributed by atoms with Gasteiger partial charge in [-0.3, -0.25) is 10.1 Å². The molecule has 0 unspecified atom stereocenters. The molecule has 20 heavy (non-hydrogen) atoms. The Bertz CT molecular complexity index is 684. The Kier molecular flexibility index (Phi) is 3.60. The number of hydrogen-bond acceptors (Lipinski definition) is 5. The SMILES string of the molecule is Cc1cc(Oc2ncccc2C(=O)O)ccc1[N+](=O)[O-]. The number of nitrogens with zero attached hydrogens (tertiary/aromatic N) is 2. The molecule has 1 heterocycles. The molecule has 2 aromatic rings. The highest BCUT2D eigenvalue weighted by atomic mass is 16.6. The summed E-state index contributed by atoms with van der Waals surface area (Å²) in [7, 11) is 0. The van der Waals surface area contributed by atoms with E-state index < -0.39 is 10.9 Å². The largest absolute Gasteiger partial charge is 0.477 e. The van der Waals surface area contributed by atoms with E-state index in [-0.39, 0.29) is 22.9 Å². The molecule has 0 amide bonds. The van der Waals surface area contributed by atoms with E-state index in [0.717, 1.165) is 0 Å². The standard InChI is InChI=1S/C13H10N2O5/c1-8-7-9(4-5-11(8)15(18)19)20-12-10(13(16)17)3-2-6-14-12/h2-7H,1H3,(H,16,17). The number of nitro groups is 1. The summed E-state index contributed by atoms with van der Waals surface area (Å²) in [5, 5.41) is 19.7. The summed E-state index contributed by atoms with van der Waals surface area (Å²) >= 11 is 0. The van der Waals surface area contributed by atoms with Crippen molar-refractivity contribution in [3.05, 3.63) is 57.8 Å². The quantitative estimate of drug-likeness (QED) is 0.679. The van der Waals surface area contributed by atoms with Gasteiger partial charge in [-0.25, -0.2) is 9.78 Å². The van der Waals surface area contributed by atoms with Gasteiger partial charge in [0.05, 0.1) is 4.92 Å². The number of rotatable bonds is 4. The molecular formula is C13H10N2O5. The molecule has 1 aromatic carbocycles. The summed E-state index contributed by atoms with van der Waals surface area (Å²) in [4.78, 5) is 25.1. The number of aromatic nitrogens is 1. The second kappa shape index (κ2) is 5.35. The molecule has 2 rings (SSSR count). The Morgan fingerprint density at radius 1 is 1.40 bits per heavy atom. The maximum atomic E-state index is 11.0. The number of nitro benzene ring substituents is 1. The zero-order chi connectivity index (χ0) is 14.7. The molecule has 0 aliphatic carbocycles. The number of aryl methyl sites for hydroxylation is 1. The van der Waals surface area contributed by atoms with Crippen molar-refractivity contribution in [3.8, 4) is 11.6 Å². The van der Waals surface area contributed by atoms with Crippen molar-refractivity contribution >= 4 is 11.7 Å². The molecule has 0 saturated carbocycles. The summed E-state index contributed by atoms with van der Waals surface area (Å²) < 4.78 is 5.37. The summed E-state index contributed by atoms with van der Waals surface area (Å²) in [5.74, 6) is -0.936. The van der Waals surface area contributed by atoms with Gasteiger partial charge in [0.2, 0.25) is 5.88 Å². The van der Waals surface area contributed by atoms with Crippen LogP contribution in [0, 0.1) is 17.0 Å². The van der Waals surface area contributed by atoms with Crippen LogP contribution in [0.25, 0.3) is 0 Å². The fourth-order valence-corrected chi connectivity index (χ4v) is 1.64. The monoisotopic (exact) mass is 274 g/mol. The maximum absolute atomic E-state index is 11.0. The Labute approximate surface area is 113 Å². The number of aromatic carboxylic acids is 1. The van der Waals surface area contributed by atoms with Gasteiger partial charge >= 0.3 is 5.97 Å². The average molecular weight is 274 g/mol. The Hall–Kier alpha value is -2.96. The van der Waals surface area contributed by atoms with E-state index in [0.29, 0.717) is 5.56 Å². The van der Waals surface area contributed by atoms with Gasteiger partial charge in [0.1, 0.15) is 11.3 Å². The van der Waals surface area contributed by atoms with Crippen LogP contribution in [0.2, 0.25) is 0 Å². The number of carbonyl (C=O) groups is 1. The van der Waals surface area contributed by atoms with E-state index in [9.17, 15) is 14.9 Å². The lowest BCUT2D eigenvalue weighted by Crippen LogP contribution is -2.01. The lowest BCUT2D eigenvalue weighted by molar-refractivity contribution is -0.385. The van der Waals surface area contributed by atoms with Crippen LogP contribution in [-0.4, -0.2) is 21.0 Å². The minimum absolute atomic E-state index is 0.0307. The Balaban J connectivity index is 2.34. The van der Waals surface area contributed by atoms with Crippen molar-refractivity contribution in [1.29, 1.82) is 0 Å². The molecule has 0 fully saturated rings. The van der Waals surface area contributed by atoms with Crippen molar-refractivity contribution in [3.63, 3.8) is 0 Å². The third kappa shape index (κ3) is 2.72. The summed E-state index contributed by atoms with van der Waals surface area (Å²) in [6.07, 6.45) is 1.40. The number of carboxylic acid groups (broad SMARTS) is 1. The lowest BCUT2D eigenvalue weighted by atomic mass is 10.2. The molecule has 1 N–H and O–H groups in total. The predicted octanol–water partition coefficient (Wildman–Crippen LogP) is 2.79. The zero-order valence-electron chi connectivity index (χ0n) is 10.4. The van der Waals surface area contributed by atoms with Crippen molar-refractivity contribution < 1.29 is 19.6 Å². The zero-order valence-corrected chi connectivity index (χ0v) is 10.4. The first kappa shape index (κ1) is 13.5. The van der Waals surface area contributed by atoms with Gasteiger partial charge in [0.15, 0.2) is 0 Å². The van der Waals surface area contributed by atoms with Crippen molar-refractivity contribution in [2.75, 3.05) is 0 Å². The maximum Gasteiger partial charge on any atom is 0.341 e. The van der Waals surface area contributed by atoms with Crippen LogP contribution in [0.15, 0.2) is 36.5 Å². The summed E-state index contributed by atoms with van der Waals surface area (Å²) in [6, 6.07) is 7.00. The molecule has 0 radical (unpaired) electrons. The van der Waals surface area contributed by atoms with Crippen LogP contribution >= 0.6 is 0 Å². The number of pyridine rings is 1. The van der Waals surface area contributed by atoms with Gasteiger partial charge in [0, 0.05) is 17.8 Å². The van der Waals surface area contributed by atoms with E-state index in [4.69, 9.17) is 9.84 Å².